The molecule has 1 saturated heterocycles. The van der Waals surface area contributed by atoms with Crippen LogP contribution in [-0.2, 0) is 0 Å². The molecule has 0 atom stereocenters. The molecule has 2 aliphatic rings. The predicted octanol–water partition coefficient (Wildman–Crippen LogP) is 3.96. The van der Waals surface area contributed by atoms with Crippen LogP contribution in [0, 0.1) is 17.2 Å². The van der Waals surface area contributed by atoms with Gasteiger partial charge >= 0.3 is 0 Å². The second-order valence-corrected chi connectivity index (χ2v) is 7.74. The third-order valence-corrected chi connectivity index (χ3v) is 5.51. The predicted molar refractivity (Wildman–Crippen MR) is 109 cm³/mol. The lowest BCUT2D eigenvalue weighted by Crippen LogP contribution is -2.49. The minimum atomic E-state index is 0.00246. The van der Waals surface area contributed by atoms with E-state index in [1.807, 2.05) is 35.2 Å². The lowest BCUT2D eigenvalue weighted by atomic mass is 10.1. The van der Waals surface area contributed by atoms with E-state index in [9.17, 15) is 10.1 Å². The second-order valence-electron chi connectivity index (χ2n) is 7.30. The minimum Gasteiger partial charge on any atom is -0.492 e. The summed E-state index contributed by atoms with van der Waals surface area (Å²) in [7, 11) is 0. The third-order valence-electron chi connectivity index (χ3n) is 5.28. The Morgan fingerprint density at radius 2 is 1.89 bits per heavy atom. The Balaban J connectivity index is 1.43. The van der Waals surface area contributed by atoms with Crippen LogP contribution in [0.1, 0.15) is 28.8 Å². The number of carbonyl (C=O) groups is 1. The van der Waals surface area contributed by atoms with Crippen LogP contribution in [0.2, 0.25) is 5.02 Å². The number of rotatable bonds is 5. The first-order valence-electron chi connectivity index (χ1n) is 9.61. The maximum Gasteiger partial charge on any atom is 0.257 e. The molecule has 2 fully saturated rings. The summed E-state index contributed by atoms with van der Waals surface area (Å²) >= 11 is 6.00. The van der Waals surface area contributed by atoms with E-state index in [1.54, 1.807) is 12.1 Å². The van der Waals surface area contributed by atoms with Crippen LogP contribution in [0.15, 0.2) is 42.5 Å². The number of amides is 1. The molecule has 6 heteroatoms. The molecule has 0 unspecified atom stereocenters. The van der Waals surface area contributed by atoms with Crippen LogP contribution in [-0.4, -0.2) is 43.6 Å². The van der Waals surface area contributed by atoms with Gasteiger partial charge in [-0.3, -0.25) is 4.79 Å². The van der Waals surface area contributed by atoms with Gasteiger partial charge in [-0.2, -0.15) is 5.26 Å². The van der Waals surface area contributed by atoms with Crippen LogP contribution in [0.5, 0.6) is 5.75 Å². The number of carbonyl (C=O) groups excluding carboxylic acids is 1. The fourth-order valence-electron chi connectivity index (χ4n) is 3.46. The van der Waals surface area contributed by atoms with Crippen molar-refractivity contribution in [2.75, 3.05) is 37.7 Å². The first kappa shape index (κ1) is 18.6. The van der Waals surface area contributed by atoms with Crippen molar-refractivity contribution in [3.63, 3.8) is 0 Å². The number of piperazine rings is 1. The molecule has 0 N–H and O–H groups in total. The topological polar surface area (TPSA) is 56.6 Å². The fraction of sp³-hybridized carbons (Fsp3) is 0.364. The minimum absolute atomic E-state index is 0.00246. The number of hydrogen-bond acceptors (Lipinski definition) is 4. The van der Waals surface area contributed by atoms with Crippen molar-refractivity contribution in [1.82, 2.24) is 4.90 Å². The SMILES string of the molecule is N#Cc1cc(Cl)ccc1N1CCN(C(=O)c2ccccc2OCC2CC2)CC1. The van der Waals surface area contributed by atoms with Crippen molar-refractivity contribution in [1.29, 1.82) is 5.26 Å². The first-order valence-corrected chi connectivity index (χ1v) is 9.99. The normalized spacial score (nSPS) is 16.6. The summed E-state index contributed by atoms with van der Waals surface area (Å²) in [6.07, 6.45) is 2.43. The monoisotopic (exact) mass is 395 g/mol. The van der Waals surface area contributed by atoms with Crippen LogP contribution in [0.4, 0.5) is 5.69 Å². The van der Waals surface area contributed by atoms with E-state index in [0.717, 1.165) is 5.69 Å². The highest BCUT2D eigenvalue weighted by Gasteiger charge is 2.27. The molecule has 2 aromatic carbocycles. The summed E-state index contributed by atoms with van der Waals surface area (Å²) in [4.78, 5) is 17.0. The number of para-hydroxylation sites is 1. The van der Waals surface area contributed by atoms with Crippen LogP contribution in [0.25, 0.3) is 0 Å². The zero-order chi connectivity index (χ0) is 19.5. The molecule has 5 nitrogen and oxygen atoms in total. The molecule has 0 spiro atoms. The van der Waals surface area contributed by atoms with E-state index in [4.69, 9.17) is 16.3 Å². The Morgan fingerprint density at radius 3 is 2.61 bits per heavy atom. The maximum atomic E-state index is 13.0. The van der Waals surface area contributed by atoms with E-state index in [2.05, 4.69) is 11.0 Å². The van der Waals surface area contributed by atoms with E-state index in [-0.39, 0.29) is 5.91 Å². The number of benzene rings is 2. The van der Waals surface area contributed by atoms with Gasteiger partial charge in [0.15, 0.2) is 0 Å². The van der Waals surface area contributed by atoms with Crippen LogP contribution in [0.3, 0.4) is 0 Å². The Labute approximate surface area is 170 Å². The van der Waals surface area contributed by atoms with Crippen molar-refractivity contribution in [2.24, 2.45) is 5.92 Å². The molecule has 1 amide bonds. The number of halogens is 1. The van der Waals surface area contributed by atoms with Gasteiger partial charge in [0.1, 0.15) is 11.8 Å². The molecule has 1 saturated carbocycles. The van der Waals surface area contributed by atoms with Crippen molar-refractivity contribution in [3.05, 3.63) is 58.6 Å². The van der Waals surface area contributed by atoms with Crippen molar-refractivity contribution in [2.45, 2.75) is 12.8 Å². The van der Waals surface area contributed by atoms with Gasteiger partial charge in [-0.1, -0.05) is 23.7 Å². The number of anilines is 1. The standard InChI is InChI=1S/C22H22ClN3O2/c23-18-7-8-20(17(13-18)14-24)25-9-11-26(12-10-25)22(27)19-3-1-2-4-21(19)28-15-16-5-6-16/h1-4,7-8,13,16H,5-6,9-12,15H2. The van der Waals surface area contributed by atoms with Crippen molar-refractivity contribution in [3.8, 4) is 11.8 Å². The van der Waals surface area contributed by atoms with E-state index in [1.165, 1.54) is 12.8 Å². The molecule has 144 valence electrons. The molecule has 0 radical (unpaired) electrons. The van der Waals surface area contributed by atoms with E-state index < -0.39 is 0 Å². The summed E-state index contributed by atoms with van der Waals surface area (Å²) in [5.74, 6) is 1.31. The van der Waals surface area contributed by atoms with Gasteiger partial charge in [-0.15, -0.1) is 0 Å². The third kappa shape index (κ3) is 4.07. The lowest BCUT2D eigenvalue weighted by molar-refractivity contribution is 0.0742. The van der Waals surface area contributed by atoms with E-state index in [0.29, 0.717) is 60.6 Å². The summed E-state index contributed by atoms with van der Waals surface area (Å²) in [6, 6.07) is 15.0. The molecule has 28 heavy (non-hydrogen) atoms. The zero-order valence-electron chi connectivity index (χ0n) is 15.6. The first-order chi connectivity index (χ1) is 13.7. The smallest absolute Gasteiger partial charge is 0.257 e. The molecule has 1 heterocycles. The van der Waals surface area contributed by atoms with Crippen LogP contribution < -0.4 is 9.64 Å². The summed E-state index contributed by atoms with van der Waals surface area (Å²) in [5, 5.41) is 9.93. The molecular weight excluding hydrogens is 374 g/mol. The fourth-order valence-corrected chi connectivity index (χ4v) is 3.63. The van der Waals surface area contributed by atoms with Crippen molar-refractivity contribution < 1.29 is 9.53 Å². The highest BCUT2D eigenvalue weighted by Crippen LogP contribution is 2.31. The second kappa shape index (κ2) is 8.12. The van der Waals surface area contributed by atoms with Gasteiger partial charge < -0.3 is 14.5 Å². The maximum absolute atomic E-state index is 13.0. The van der Waals surface area contributed by atoms with Gasteiger partial charge in [0, 0.05) is 31.2 Å². The summed E-state index contributed by atoms with van der Waals surface area (Å²) in [6.45, 7) is 3.23. The Hall–Kier alpha value is -2.71. The summed E-state index contributed by atoms with van der Waals surface area (Å²) < 4.78 is 5.90. The highest BCUT2D eigenvalue weighted by atomic mass is 35.5. The quantitative estimate of drug-likeness (QED) is 0.768. The number of nitrogens with zero attached hydrogens (tertiary/aromatic N) is 3. The van der Waals surface area contributed by atoms with Gasteiger partial charge in [-0.25, -0.2) is 0 Å². The van der Waals surface area contributed by atoms with Crippen LogP contribution >= 0.6 is 11.6 Å². The van der Waals surface area contributed by atoms with Crippen molar-refractivity contribution >= 4 is 23.2 Å². The Bertz CT molecular complexity index is 912. The lowest BCUT2D eigenvalue weighted by Gasteiger charge is -2.36. The summed E-state index contributed by atoms with van der Waals surface area (Å²) in [5.41, 5.74) is 2.05. The number of nitriles is 1. The molecule has 0 bridgehead atoms. The molecule has 4 rings (SSSR count). The zero-order valence-corrected chi connectivity index (χ0v) is 16.4. The highest BCUT2D eigenvalue weighted by molar-refractivity contribution is 6.30. The van der Waals surface area contributed by atoms with Gasteiger partial charge in [0.25, 0.3) is 5.91 Å². The molecule has 2 aromatic rings. The number of hydrogen-bond donors (Lipinski definition) is 0. The molecule has 1 aliphatic carbocycles. The van der Waals surface area contributed by atoms with Gasteiger partial charge in [0.2, 0.25) is 0 Å². The molecular formula is C22H22ClN3O2. The van der Waals surface area contributed by atoms with Gasteiger partial charge in [-0.05, 0) is 49.1 Å². The molecule has 0 aromatic heterocycles. The Kier molecular flexibility index (Phi) is 5.40. The largest absolute Gasteiger partial charge is 0.492 e. The average molecular weight is 396 g/mol. The van der Waals surface area contributed by atoms with Gasteiger partial charge in [0.05, 0.1) is 23.4 Å². The Morgan fingerprint density at radius 1 is 1.14 bits per heavy atom. The van der Waals surface area contributed by atoms with E-state index >= 15 is 0 Å². The number of ether oxygens (including phenoxy) is 1. The average Bonchev–Trinajstić information content (AvgIpc) is 3.56. The molecule has 1 aliphatic heterocycles.